The van der Waals surface area contributed by atoms with Gasteiger partial charge in [-0.3, -0.25) is 9.48 Å². The van der Waals surface area contributed by atoms with Gasteiger partial charge in [-0.05, 0) is 6.07 Å². The molecule has 2 aromatic rings. The van der Waals surface area contributed by atoms with Crippen LogP contribution in [0.2, 0.25) is 0 Å². The summed E-state index contributed by atoms with van der Waals surface area (Å²) in [5.74, 6) is 1.14. The first-order valence-corrected chi connectivity index (χ1v) is 8.53. The molecule has 1 aliphatic heterocycles. The molecule has 3 heterocycles. The summed E-state index contributed by atoms with van der Waals surface area (Å²) in [4.78, 5) is 28.2. The Morgan fingerprint density at radius 2 is 2.31 bits per heavy atom. The van der Waals surface area contributed by atoms with Gasteiger partial charge < -0.3 is 15.1 Å². The van der Waals surface area contributed by atoms with E-state index in [1.54, 1.807) is 28.2 Å². The maximum Gasteiger partial charge on any atom is 0.226 e. The van der Waals surface area contributed by atoms with Crippen molar-refractivity contribution in [2.24, 2.45) is 0 Å². The summed E-state index contributed by atoms with van der Waals surface area (Å²) in [5, 5.41) is 6.84. The number of anilines is 2. The smallest absolute Gasteiger partial charge is 0.226 e. The Bertz CT molecular complexity index is 723. The molecule has 0 unspecified atom stereocenters. The van der Waals surface area contributed by atoms with Gasteiger partial charge in [0, 0.05) is 39.7 Å². The standard InChI is InChI=1S/C16H23FN8O/c1-23(2)16-19-5-3-14(22-16)25-9-12(17)7-13(25)8-20-15(26)4-6-24-11-18-10-21-24/h3,5,10-13H,4,6-9H2,1-2H3,(H,20,26)/t12-,13-/m0/s1. The van der Waals surface area contributed by atoms with Crippen LogP contribution in [0.15, 0.2) is 24.9 Å². The van der Waals surface area contributed by atoms with Crippen LogP contribution in [0.4, 0.5) is 16.2 Å². The highest BCUT2D eigenvalue weighted by Gasteiger charge is 2.33. The number of nitrogens with zero attached hydrogens (tertiary/aromatic N) is 7. The molecule has 26 heavy (non-hydrogen) atoms. The molecule has 3 rings (SSSR count). The number of carbonyl (C=O) groups excluding carboxylic acids is 1. The zero-order valence-electron chi connectivity index (χ0n) is 14.9. The third-order valence-corrected chi connectivity index (χ3v) is 4.26. The number of carbonyl (C=O) groups is 1. The monoisotopic (exact) mass is 362 g/mol. The van der Waals surface area contributed by atoms with Gasteiger partial charge in [-0.2, -0.15) is 10.1 Å². The van der Waals surface area contributed by atoms with E-state index in [4.69, 9.17) is 0 Å². The predicted molar refractivity (Wildman–Crippen MR) is 94.7 cm³/mol. The molecule has 9 nitrogen and oxygen atoms in total. The Labute approximate surface area is 151 Å². The van der Waals surface area contributed by atoms with Gasteiger partial charge in [-0.1, -0.05) is 0 Å². The van der Waals surface area contributed by atoms with E-state index in [1.807, 2.05) is 19.0 Å². The number of nitrogens with one attached hydrogen (secondary N) is 1. The van der Waals surface area contributed by atoms with Crippen molar-refractivity contribution in [2.45, 2.75) is 31.6 Å². The summed E-state index contributed by atoms with van der Waals surface area (Å²) in [6.07, 6.45) is 4.39. The largest absolute Gasteiger partial charge is 0.354 e. The summed E-state index contributed by atoms with van der Waals surface area (Å²) in [6.45, 7) is 1.10. The van der Waals surface area contributed by atoms with Crippen molar-refractivity contribution < 1.29 is 9.18 Å². The summed E-state index contributed by atoms with van der Waals surface area (Å²) in [7, 11) is 3.71. The minimum atomic E-state index is -0.940. The van der Waals surface area contributed by atoms with Crippen LogP contribution in [0.25, 0.3) is 0 Å². The quantitative estimate of drug-likeness (QED) is 0.755. The van der Waals surface area contributed by atoms with Gasteiger partial charge in [0.15, 0.2) is 0 Å². The van der Waals surface area contributed by atoms with E-state index in [1.165, 1.54) is 6.33 Å². The maximum atomic E-state index is 14.0. The first-order chi connectivity index (χ1) is 12.5. The number of hydrogen-bond donors (Lipinski definition) is 1. The SMILES string of the molecule is CN(C)c1nccc(N2C[C@@H](F)C[C@H]2CNC(=O)CCn2cncn2)n1. The van der Waals surface area contributed by atoms with Gasteiger partial charge in [0.05, 0.1) is 19.1 Å². The minimum Gasteiger partial charge on any atom is -0.354 e. The van der Waals surface area contributed by atoms with Crippen LogP contribution >= 0.6 is 0 Å². The second-order valence-corrected chi connectivity index (χ2v) is 6.46. The van der Waals surface area contributed by atoms with E-state index >= 15 is 0 Å². The zero-order valence-corrected chi connectivity index (χ0v) is 14.9. The van der Waals surface area contributed by atoms with Gasteiger partial charge in [0.1, 0.15) is 24.6 Å². The highest BCUT2D eigenvalue weighted by molar-refractivity contribution is 5.75. The number of aryl methyl sites for hydroxylation is 1. The Morgan fingerprint density at radius 1 is 1.46 bits per heavy atom. The molecule has 1 aliphatic rings. The highest BCUT2D eigenvalue weighted by atomic mass is 19.1. The van der Waals surface area contributed by atoms with Crippen LogP contribution in [0, 0.1) is 0 Å². The van der Waals surface area contributed by atoms with E-state index in [-0.39, 0.29) is 18.5 Å². The fraction of sp³-hybridized carbons (Fsp3) is 0.562. The molecule has 1 amide bonds. The topological polar surface area (TPSA) is 92.1 Å². The van der Waals surface area contributed by atoms with Crippen LogP contribution < -0.4 is 15.1 Å². The Kier molecular flexibility index (Phi) is 5.59. The first kappa shape index (κ1) is 18.0. The van der Waals surface area contributed by atoms with Crippen LogP contribution in [0.1, 0.15) is 12.8 Å². The Balaban J connectivity index is 1.57. The number of halogens is 1. The average Bonchev–Trinajstić information content (AvgIpc) is 3.27. The van der Waals surface area contributed by atoms with Crippen molar-refractivity contribution in [3.05, 3.63) is 24.9 Å². The van der Waals surface area contributed by atoms with E-state index in [0.717, 1.165) is 0 Å². The van der Waals surface area contributed by atoms with Crippen LogP contribution in [-0.4, -0.2) is 70.0 Å². The molecule has 0 bridgehead atoms. The second kappa shape index (κ2) is 8.07. The molecule has 0 radical (unpaired) electrons. The van der Waals surface area contributed by atoms with Crippen LogP contribution in [-0.2, 0) is 11.3 Å². The van der Waals surface area contributed by atoms with E-state index in [2.05, 4.69) is 25.4 Å². The van der Waals surface area contributed by atoms with Crippen molar-refractivity contribution in [1.82, 2.24) is 30.0 Å². The zero-order chi connectivity index (χ0) is 18.5. The van der Waals surface area contributed by atoms with Crippen molar-refractivity contribution in [3.63, 3.8) is 0 Å². The summed E-state index contributed by atoms with van der Waals surface area (Å²) in [6, 6.07) is 1.63. The molecular formula is C16H23FN8O. The number of rotatable bonds is 7. The van der Waals surface area contributed by atoms with E-state index in [9.17, 15) is 9.18 Å². The lowest BCUT2D eigenvalue weighted by Gasteiger charge is -2.26. The lowest BCUT2D eigenvalue weighted by Crippen LogP contribution is -2.41. The average molecular weight is 362 g/mol. The summed E-state index contributed by atoms with van der Waals surface area (Å²) >= 11 is 0. The van der Waals surface area contributed by atoms with Gasteiger partial charge >= 0.3 is 0 Å². The molecule has 1 N–H and O–H groups in total. The molecule has 0 saturated carbocycles. The van der Waals surface area contributed by atoms with Crippen LogP contribution in [0.5, 0.6) is 0 Å². The summed E-state index contributed by atoms with van der Waals surface area (Å²) in [5.41, 5.74) is 0. The number of alkyl halides is 1. The Hall–Kier alpha value is -2.78. The van der Waals surface area contributed by atoms with Gasteiger partial charge in [-0.25, -0.2) is 14.4 Å². The number of aromatic nitrogens is 5. The van der Waals surface area contributed by atoms with E-state index < -0.39 is 6.17 Å². The molecule has 2 aromatic heterocycles. The lowest BCUT2D eigenvalue weighted by molar-refractivity contribution is -0.121. The lowest BCUT2D eigenvalue weighted by atomic mass is 10.2. The molecule has 1 saturated heterocycles. The molecule has 0 spiro atoms. The van der Waals surface area contributed by atoms with Crippen LogP contribution in [0.3, 0.4) is 0 Å². The van der Waals surface area contributed by atoms with Gasteiger partial charge in [0.2, 0.25) is 11.9 Å². The third kappa shape index (κ3) is 4.44. The molecule has 2 atom stereocenters. The highest BCUT2D eigenvalue weighted by Crippen LogP contribution is 2.26. The van der Waals surface area contributed by atoms with Gasteiger partial charge in [0.25, 0.3) is 0 Å². The minimum absolute atomic E-state index is 0.0978. The predicted octanol–water partition coefficient (Wildman–Crippen LogP) is 0.257. The van der Waals surface area contributed by atoms with Gasteiger partial charge in [-0.15, -0.1) is 0 Å². The van der Waals surface area contributed by atoms with Crippen molar-refractivity contribution in [1.29, 1.82) is 0 Å². The Morgan fingerprint density at radius 3 is 3.04 bits per heavy atom. The van der Waals surface area contributed by atoms with E-state index in [0.29, 0.717) is 37.7 Å². The number of amides is 1. The molecule has 0 aliphatic carbocycles. The molecule has 10 heteroatoms. The molecule has 1 fully saturated rings. The van der Waals surface area contributed by atoms with Crippen molar-refractivity contribution >= 4 is 17.7 Å². The molecule has 140 valence electrons. The fourth-order valence-electron chi connectivity index (χ4n) is 2.93. The second-order valence-electron chi connectivity index (χ2n) is 6.46. The first-order valence-electron chi connectivity index (χ1n) is 8.53. The normalized spacial score (nSPS) is 19.6. The third-order valence-electron chi connectivity index (χ3n) is 4.26. The number of hydrogen-bond acceptors (Lipinski definition) is 7. The maximum absolute atomic E-state index is 14.0. The molecule has 0 aromatic carbocycles. The fourth-order valence-corrected chi connectivity index (χ4v) is 2.93. The molecular weight excluding hydrogens is 339 g/mol. The summed E-state index contributed by atoms with van der Waals surface area (Å²) < 4.78 is 15.6. The van der Waals surface area contributed by atoms with Crippen molar-refractivity contribution in [3.8, 4) is 0 Å². The van der Waals surface area contributed by atoms with Crippen molar-refractivity contribution in [2.75, 3.05) is 37.0 Å².